The maximum Gasteiger partial charge on any atom is 0.387 e. The van der Waals surface area contributed by atoms with Crippen LogP contribution >= 0.6 is 0 Å². The number of nitrogens with zero attached hydrogens (tertiary/aromatic N) is 1. The number of aryl methyl sites for hydroxylation is 3. The van der Waals surface area contributed by atoms with Gasteiger partial charge in [-0.25, -0.2) is 0 Å². The molecule has 5 nitrogen and oxygen atoms in total. The zero-order valence-electron chi connectivity index (χ0n) is 16.7. The summed E-state index contributed by atoms with van der Waals surface area (Å²) >= 11 is 0. The number of halogens is 2. The summed E-state index contributed by atoms with van der Waals surface area (Å²) in [4.78, 5) is 12.6. The summed E-state index contributed by atoms with van der Waals surface area (Å²) in [5.74, 6) is -0.578. The number of alkyl halides is 2. The number of rotatable bonds is 7. The average Bonchev–Trinajstić information content (AvgIpc) is 2.64. The quantitative estimate of drug-likeness (QED) is 0.515. The van der Waals surface area contributed by atoms with E-state index in [1.807, 2.05) is 39.0 Å². The molecule has 0 radical (unpaired) electrons. The van der Waals surface area contributed by atoms with Gasteiger partial charge in [-0.2, -0.15) is 14.0 Å². The highest BCUT2D eigenvalue weighted by atomic mass is 19.3. The lowest BCUT2D eigenvalue weighted by atomic mass is 10.0. The van der Waals surface area contributed by atoms with Gasteiger partial charge in [0.25, 0.3) is 5.91 Å². The van der Waals surface area contributed by atoms with Crippen LogP contribution in [0, 0.1) is 32.1 Å². The lowest BCUT2D eigenvalue weighted by molar-refractivity contribution is -0.112. The van der Waals surface area contributed by atoms with E-state index < -0.39 is 12.5 Å². The molecule has 0 saturated heterocycles. The molecular weight excluding hydrogens is 378 g/mol. The molecule has 152 valence electrons. The molecule has 7 heteroatoms. The van der Waals surface area contributed by atoms with E-state index in [9.17, 15) is 18.8 Å². The van der Waals surface area contributed by atoms with Crippen molar-refractivity contribution in [3.05, 3.63) is 58.2 Å². The third-order valence-corrected chi connectivity index (χ3v) is 4.08. The van der Waals surface area contributed by atoms with Crippen molar-refractivity contribution >= 4 is 17.7 Å². The molecule has 0 atom stereocenters. The average molecular weight is 400 g/mol. The largest absolute Gasteiger partial charge is 0.490 e. The van der Waals surface area contributed by atoms with Crippen LogP contribution in [-0.4, -0.2) is 19.1 Å². The summed E-state index contributed by atoms with van der Waals surface area (Å²) in [7, 11) is 0. The second kappa shape index (κ2) is 9.69. The molecule has 2 rings (SSSR count). The van der Waals surface area contributed by atoms with Crippen molar-refractivity contribution in [1.82, 2.24) is 0 Å². The summed E-state index contributed by atoms with van der Waals surface area (Å²) < 4.78 is 34.8. The van der Waals surface area contributed by atoms with Gasteiger partial charge in [-0.05, 0) is 62.6 Å². The molecule has 1 amide bonds. The highest BCUT2D eigenvalue weighted by Crippen LogP contribution is 2.31. The third-order valence-electron chi connectivity index (χ3n) is 4.08. The number of anilines is 1. The molecule has 0 bridgehead atoms. The Kier molecular flexibility index (Phi) is 7.32. The van der Waals surface area contributed by atoms with E-state index in [-0.39, 0.29) is 23.7 Å². The van der Waals surface area contributed by atoms with Crippen LogP contribution < -0.4 is 14.8 Å². The van der Waals surface area contributed by atoms with Crippen LogP contribution in [0.4, 0.5) is 14.5 Å². The van der Waals surface area contributed by atoms with E-state index in [0.717, 1.165) is 16.7 Å². The first kappa shape index (κ1) is 21.9. The molecule has 0 aliphatic heterocycles. The monoisotopic (exact) mass is 400 g/mol. The Bertz CT molecular complexity index is 956. The molecule has 0 aliphatic carbocycles. The van der Waals surface area contributed by atoms with Gasteiger partial charge in [-0.1, -0.05) is 23.8 Å². The predicted molar refractivity (Wildman–Crippen MR) is 107 cm³/mol. The van der Waals surface area contributed by atoms with Crippen molar-refractivity contribution in [2.45, 2.75) is 34.3 Å². The summed E-state index contributed by atoms with van der Waals surface area (Å²) in [6, 6.07) is 9.97. The number of hydrogen-bond donors (Lipinski definition) is 1. The molecule has 0 unspecified atom stereocenters. The Morgan fingerprint density at radius 1 is 1.17 bits per heavy atom. The van der Waals surface area contributed by atoms with Gasteiger partial charge in [0.1, 0.15) is 11.6 Å². The van der Waals surface area contributed by atoms with Gasteiger partial charge in [0, 0.05) is 5.69 Å². The Morgan fingerprint density at radius 2 is 1.83 bits per heavy atom. The zero-order valence-corrected chi connectivity index (χ0v) is 16.7. The molecule has 0 aromatic heterocycles. The first-order valence-corrected chi connectivity index (χ1v) is 8.97. The molecule has 0 spiro atoms. The first-order chi connectivity index (χ1) is 13.7. The van der Waals surface area contributed by atoms with Crippen LogP contribution in [-0.2, 0) is 4.79 Å². The number of benzene rings is 2. The Labute approximate surface area is 168 Å². The van der Waals surface area contributed by atoms with Crippen molar-refractivity contribution in [2.75, 3.05) is 11.9 Å². The minimum Gasteiger partial charge on any atom is -0.490 e. The summed E-state index contributed by atoms with van der Waals surface area (Å²) in [6.07, 6.45) is 1.36. The Balaban J connectivity index is 2.32. The van der Waals surface area contributed by atoms with Crippen LogP contribution in [0.15, 0.2) is 35.9 Å². The Morgan fingerprint density at radius 3 is 2.38 bits per heavy atom. The van der Waals surface area contributed by atoms with Crippen molar-refractivity contribution < 1.29 is 23.0 Å². The number of amides is 1. The highest BCUT2D eigenvalue weighted by molar-refractivity contribution is 6.10. The van der Waals surface area contributed by atoms with Crippen molar-refractivity contribution in [3.63, 3.8) is 0 Å². The van der Waals surface area contributed by atoms with Crippen LogP contribution in [0.25, 0.3) is 6.08 Å². The molecule has 29 heavy (non-hydrogen) atoms. The van der Waals surface area contributed by atoms with Gasteiger partial charge in [-0.3, -0.25) is 4.79 Å². The van der Waals surface area contributed by atoms with E-state index in [0.29, 0.717) is 11.3 Å². The molecule has 0 aliphatic rings. The second-order valence-corrected chi connectivity index (χ2v) is 6.42. The van der Waals surface area contributed by atoms with Crippen molar-refractivity contribution in [1.29, 1.82) is 5.26 Å². The molecule has 2 aromatic carbocycles. The number of ether oxygens (including phenoxy) is 2. The molecule has 0 fully saturated rings. The molecular formula is C22H22F2N2O3. The number of carbonyl (C=O) groups is 1. The van der Waals surface area contributed by atoms with Gasteiger partial charge in [0.15, 0.2) is 11.5 Å². The summed E-state index contributed by atoms with van der Waals surface area (Å²) in [6.45, 7) is 4.67. The molecule has 1 N–H and O–H groups in total. The lowest BCUT2D eigenvalue weighted by Gasteiger charge is -2.13. The number of hydrogen-bond acceptors (Lipinski definition) is 4. The fourth-order valence-electron chi connectivity index (χ4n) is 2.95. The summed E-state index contributed by atoms with van der Waals surface area (Å²) in [5.41, 5.74) is 3.81. The first-order valence-electron chi connectivity index (χ1n) is 8.97. The van der Waals surface area contributed by atoms with Crippen LogP contribution in [0.3, 0.4) is 0 Å². The van der Waals surface area contributed by atoms with E-state index in [1.54, 1.807) is 6.92 Å². The number of nitrogens with one attached hydrogen (secondary N) is 1. The molecule has 2 aromatic rings. The predicted octanol–water partition coefficient (Wildman–Crippen LogP) is 5.16. The van der Waals surface area contributed by atoms with Gasteiger partial charge >= 0.3 is 6.61 Å². The molecule has 0 heterocycles. The van der Waals surface area contributed by atoms with Crippen LogP contribution in [0.1, 0.15) is 29.2 Å². The number of nitriles is 1. The van der Waals surface area contributed by atoms with E-state index >= 15 is 0 Å². The fourth-order valence-corrected chi connectivity index (χ4v) is 2.95. The van der Waals surface area contributed by atoms with Gasteiger partial charge in [0.05, 0.1) is 6.61 Å². The summed E-state index contributed by atoms with van der Waals surface area (Å²) in [5, 5.41) is 12.2. The van der Waals surface area contributed by atoms with Crippen LogP contribution in [0.2, 0.25) is 0 Å². The van der Waals surface area contributed by atoms with Crippen molar-refractivity contribution in [2.24, 2.45) is 0 Å². The minimum absolute atomic E-state index is 0.101. The van der Waals surface area contributed by atoms with E-state index in [1.165, 1.54) is 24.3 Å². The zero-order chi connectivity index (χ0) is 21.6. The van der Waals surface area contributed by atoms with E-state index in [2.05, 4.69) is 10.1 Å². The normalized spacial score (nSPS) is 11.2. The smallest absolute Gasteiger partial charge is 0.387 e. The minimum atomic E-state index is -2.99. The van der Waals surface area contributed by atoms with Gasteiger partial charge in [-0.15, -0.1) is 0 Å². The Hall–Kier alpha value is -3.40. The second-order valence-electron chi connectivity index (χ2n) is 6.42. The maximum absolute atomic E-state index is 12.6. The lowest BCUT2D eigenvalue weighted by Crippen LogP contribution is -2.15. The standard InChI is InChI=1S/C22H22F2N2O3/c1-5-28-19-11-16(6-7-18(19)29-22(23)24)10-17(12-25)21(27)26-20-14(3)8-13(2)9-15(20)4/h6-11,22H,5H2,1-4H3,(H,26,27)/b17-10+. The third kappa shape index (κ3) is 5.79. The molecule has 0 saturated carbocycles. The highest BCUT2D eigenvalue weighted by Gasteiger charge is 2.15. The topological polar surface area (TPSA) is 71.3 Å². The van der Waals surface area contributed by atoms with Crippen molar-refractivity contribution in [3.8, 4) is 17.6 Å². The van der Waals surface area contributed by atoms with Crippen LogP contribution in [0.5, 0.6) is 11.5 Å². The number of carbonyl (C=O) groups excluding carboxylic acids is 1. The maximum atomic E-state index is 12.6. The van der Waals surface area contributed by atoms with Gasteiger partial charge < -0.3 is 14.8 Å². The van der Waals surface area contributed by atoms with E-state index in [4.69, 9.17) is 4.74 Å². The SMILES string of the molecule is CCOc1cc(/C=C(\C#N)C(=O)Nc2c(C)cc(C)cc2C)ccc1OC(F)F. The fraction of sp³-hybridized carbons (Fsp3) is 0.273. The van der Waals surface area contributed by atoms with Gasteiger partial charge in [0.2, 0.25) is 0 Å².